The highest BCUT2D eigenvalue weighted by atomic mass is 16.5. The molecule has 2 heterocycles. The number of hydrogen-bond acceptors (Lipinski definition) is 3. The van der Waals surface area contributed by atoms with Gasteiger partial charge in [0.25, 0.3) is 0 Å². The number of nitrogens with one attached hydrogen (secondary N) is 1. The lowest BCUT2D eigenvalue weighted by Crippen LogP contribution is -2.60. The van der Waals surface area contributed by atoms with Gasteiger partial charge in [0.2, 0.25) is 11.8 Å². The summed E-state index contributed by atoms with van der Waals surface area (Å²) in [5.41, 5.74) is 0.989. The van der Waals surface area contributed by atoms with E-state index < -0.39 is 6.04 Å². The topological polar surface area (TPSA) is 58.6 Å². The monoisotopic (exact) mass is 288 g/mol. The van der Waals surface area contributed by atoms with Crippen LogP contribution in [0.4, 0.5) is 0 Å². The Morgan fingerprint density at radius 3 is 2.90 bits per heavy atom. The van der Waals surface area contributed by atoms with E-state index in [4.69, 9.17) is 4.74 Å². The average Bonchev–Trinajstić information content (AvgIpc) is 2.92. The van der Waals surface area contributed by atoms with Crippen LogP contribution in [-0.4, -0.2) is 35.9 Å². The number of rotatable bonds is 3. The van der Waals surface area contributed by atoms with Crippen LogP contribution in [0.25, 0.3) is 0 Å². The van der Waals surface area contributed by atoms with Crippen LogP contribution >= 0.6 is 0 Å². The first kappa shape index (κ1) is 13.9. The Bertz CT molecular complexity index is 572. The summed E-state index contributed by atoms with van der Waals surface area (Å²) < 4.78 is 5.64. The minimum Gasteiger partial charge on any atom is -0.491 e. The molecular weight excluding hydrogens is 268 g/mol. The number of benzene rings is 1. The lowest BCUT2D eigenvalue weighted by Gasteiger charge is -2.37. The molecule has 21 heavy (non-hydrogen) atoms. The van der Waals surface area contributed by atoms with Crippen molar-refractivity contribution in [2.75, 3.05) is 13.2 Å². The summed E-state index contributed by atoms with van der Waals surface area (Å²) in [5, 5.41) is 2.82. The van der Waals surface area contributed by atoms with E-state index >= 15 is 0 Å². The minimum atomic E-state index is -0.427. The van der Waals surface area contributed by atoms with Gasteiger partial charge >= 0.3 is 0 Å². The molecule has 1 aromatic rings. The first-order valence-electron chi connectivity index (χ1n) is 7.43. The van der Waals surface area contributed by atoms with Crippen molar-refractivity contribution in [2.24, 2.45) is 5.92 Å². The van der Waals surface area contributed by atoms with Gasteiger partial charge in [-0.15, -0.1) is 0 Å². The van der Waals surface area contributed by atoms with E-state index in [0.29, 0.717) is 6.61 Å². The van der Waals surface area contributed by atoms with Crippen LogP contribution < -0.4 is 10.1 Å². The van der Waals surface area contributed by atoms with Crippen LogP contribution in [0.1, 0.15) is 31.9 Å². The number of ether oxygens (including phenoxy) is 1. The van der Waals surface area contributed by atoms with Gasteiger partial charge in [-0.2, -0.15) is 0 Å². The summed E-state index contributed by atoms with van der Waals surface area (Å²) >= 11 is 0. The number of hydrogen-bond donors (Lipinski definition) is 1. The predicted octanol–water partition coefficient (Wildman–Crippen LogP) is 1.49. The van der Waals surface area contributed by atoms with Crippen molar-refractivity contribution in [1.29, 1.82) is 0 Å². The fourth-order valence-electron chi connectivity index (χ4n) is 2.98. The van der Waals surface area contributed by atoms with Crippen LogP contribution in [0.5, 0.6) is 5.75 Å². The van der Waals surface area contributed by atoms with E-state index in [1.165, 1.54) is 0 Å². The van der Waals surface area contributed by atoms with E-state index in [1.54, 1.807) is 4.90 Å². The number of piperazine rings is 1. The first-order chi connectivity index (χ1) is 10.1. The normalized spacial score (nSPS) is 26.1. The molecule has 2 aliphatic heterocycles. The molecule has 2 aliphatic rings. The van der Waals surface area contributed by atoms with Crippen LogP contribution in [0.3, 0.4) is 0 Å². The third kappa shape index (κ3) is 2.37. The number of para-hydroxylation sites is 1. The molecule has 3 atom stereocenters. The summed E-state index contributed by atoms with van der Waals surface area (Å²) in [6.07, 6.45) is 0.849. The summed E-state index contributed by atoms with van der Waals surface area (Å²) in [4.78, 5) is 26.4. The van der Waals surface area contributed by atoms with E-state index in [2.05, 4.69) is 5.32 Å². The minimum absolute atomic E-state index is 0.00532. The van der Waals surface area contributed by atoms with E-state index in [1.807, 2.05) is 38.1 Å². The van der Waals surface area contributed by atoms with Gasteiger partial charge in [-0.1, -0.05) is 38.5 Å². The largest absolute Gasteiger partial charge is 0.491 e. The van der Waals surface area contributed by atoms with E-state index in [9.17, 15) is 9.59 Å². The van der Waals surface area contributed by atoms with Gasteiger partial charge in [0, 0.05) is 5.56 Å². The Morgan fingerprint density at radius 2 is 2.14 bits per heavy atom. The van der Waals surface area contributed by atoms with Crippen molar-refractivity contribution in [2.45, 2.75) is 32.4 Å². The molecule has 5 nitrogen and oxygen atoms in total. The quantitative estimate of drug-likeness (QED) is 0.917. The van der Waals surface area contributed by atoms with E-state index in [0.717, 1.165) is 17.7 Å². The van der Waals surface area contributed by atoms with Gasteiger partial charge in [-0.25, -0.2) is 0 Å². The first-order valence-corrected chi connectivity index (χ1v) is 7.43. The van der Waals surface area contributed by atoms with E-state index in [-0.39, 0.29) is 30.3 Å². The van der Waals surface area contributed by atoms with Gasteiger partial charge in [0.1, 0.15) is 24.9 Å². The second-order valence-electron chi connectivity index (χ2n) is 5.76. The van der Waals surface area contributed by atoms with Crippen LogP contribution in [0.2, 0.25) is 0 Å². The van der Waals surface area contributed by atoms with Crippen molar-refractivity contribution in [3.8, 4) is 5.75 Å². The van der Waals surface area contributed by atoms with Crippen LogP contribution in [0.15, 0.2) is 24.3 Å². The van der Waals surface area contributed by atoms with Crippen LogP contribution in [-0.2, 0) is 9.59 Å². The fourth-order valence-corrected chi connectivity index (χ4v) is 2.98. The van der Waals surface area contributed by atoms with Crippen LogP contribution in [0, 0.1) is 5.92 Å². The molecule has 0 bridgehead atoms. The van der Waals surface area contributed by atoms with Gasteiger partial charge < -0.3 is 15.0 Å². The molecule has 2 amide bonds. The third-order valence-electron chi connectivity index (χ3n) is 4.44. The smallest absolute Gasteiger partial charge is 0.246 e. The Labute approximate surface area is 124 Å². The molecular formula is C16H20N2O3. The second kappa shape index (κ2) is 5.39. The van der Waals surface area contributed by atoms with Crippen molar-refractivity contribution in [3.63, 3.8) is 0 Å². The second-order valence-corrected chi connectivity index (χ2v) is 5.76. The molecule has 0 radical (unpaired) electrons. The fraction of sp³-hybridized carbons (Fsp3) is 0.500. The molecule has 1 N–H and O–H groups in total. The third-order valence-corrected chi connectivity index (χ3v) is 4.44. The lowest BCUT2D eigenvalue weighted by molar-refractivity contribution is -0.148. The standard InChI is InChI=1S/C16H20N2O3/c1-3-10(2)15-16(20)18(8-14(19)17-15)12-9-21-13-7-5-4-6-11(12)13/h4-7,10,12,15H,3,8-9H2,1-2H3,(H,17,19). The lowest BCUT2D eigenvalue weighted by atomic mass is 9.94. The maximum absolute atomic E-state index is 12.7. The molecule has 0 spiro atoms. The Morgan fingerprint density at radius 1 is 1.38 bits per heavy atom. The molecule has 0 aromatic heterocycles. The summed E-state index contributed by atoms with van der Waals surface area (Å²) in [5.74, 6) is 0.835. The number of fused-ring (bicyclic) bond motifs is 1. The number of nitrogens with zero attached hydrogens (tertiary/aromatic N) is 1. The molecule has 112 valence electrons. The van der Waals surface area contributed by atoms with Crippen molar-refractivity contribution < 1.29 is 14.3 Å². The maximum Gasteiger partial charge on any atom is 0.246 e. The Balaban J connectivity index is 1.88. The zero-order valence-corrected chi connectivity index (χ0v) is 12.3. The van der Waals surface area contributed by atoms with Gasteiger partial charge in [-0.3, -0.25) is 9.59 Å². The Kier molecular flexibility index (Phi) is 3.57. The number of carbonyl (C=O) groups excluding carboxylic acids is 2. The number of carbonyl (C=O) groups is 2. The molecule has 1 fully saturated rings. The molecule has 5 heteroatoms. The predicted molar refractivity (Wildman–Crippen MR) is 77.8 cm³/mol. The molecule has 1 aromatic carbocycles. The van der Waals surface area contributed by atoms with Crippen molar-refractivity contribution in [1.82, 2.24) is 10.2 Å². The zero-order valence-electron chi connectivity index (χ0n) is 12.3. The Hall–Kier alpha value is -2.04. The highest BCUT2D eigenvalue weighted by Gasteiger charge is 2.41. The SMILES string of the molecule is CCC(C)C1NC(=O)CN(C2COc3ccccc32)C1=O. The molecule has 0 saturated carbocycles. The molecule has 1 saturated heterocycles. The molecule has 0 aliphatic carbocycles. The van der Waals surface area contributed by atoms with Crippen molar-refractivity contribution in [3.05, 3.63) is 29.8 Å². The highest BCUT2D eigenvalue weighted by Crippen LogP contribution is 2.36. The molecule has 3 rings (SSSR count). The van der Waals surface area contributed by atoms with Crippen molar-refractivity contribution >= 4 is 11.8 Å². The average molecular weight is 288 g/mol. The van der Waals surface area contributed by atoms with Gasteiger partial charge in [0.05, 0.1) is 6.04 Å². The van der Waals surface area contributed by atoms with Gasteiger partial charge in [-0.05, 0) is 12.0 Å². The summed E-state index contributed by atoms with van der Waals surface area (Å²) in [6, 6.07) is 7.12. The molecule has 3 unspecified atom stereocenters. The number of amides is 2. The zero-order chi connectivity index (χ0) is 15.0. The summed E-state index contributed by atoms with van der Waals surface area (Å²) in [6.45, 7) is 4.54. The maximum atomic E-state index is 12.7. The summed E-state index contributed by atoms with van der Waals surface area (Å²) in [7, 11) is 0. The highest BCUT2D eigenvalue weighted by molar-refractivity contribution is 5.95. The van der Waals surface area contributed by atoms with Gasteiger partial charge in [0.15, 0.2) is 0 Å².